The van der Waals surface area contributed by atoms with Gasteiger partial charge in [-0.2, -0.15) is 0 Å². The topological polar surface area (TPSA) is 29.5 Å². The van der Waals surface area contributed by atoms with Gasteiger partial charge >= 0.3 is 0 Å². The first-order valence-corrected chi connectivity index (χ1v) is 7.02. The summed E-state index contributed by atoms with van der Waals surface area (Å²) in [5.41, 5.74) is 3.94. The third kappa shape index (κ3) is 2.32. The van der Waals surface area contributed by atoms with Crippen LogP contribution in [0.1, 0.15) is 42.2 Å². The SMILES string of the molecule is Cc1ccc(C(O)c2cccc3c2OC(C)(C)C3)cc1. The van der Waals surface area contributed by atoms with Crippen LogP contribution in [0.4, 0.5) is 0 Å². The number of aliphatic hydroxyl groups is 1. The summed E-state index contributed by atoms with van der Waals surface area (Å²) in [6, 6.07) is 14.0. The van der Waals surface area contributed by atoms with E-state index in [1.807, 2.05) is 43.3 Å². The lowest BCUT2D eigenvalue weighted by Crippen LogP contribution is -2.25. The Morgan fingerprint density at radius 1 is 1.10 bits per heavy atom. The molecule has 20 heavy (non-hydrogen) atoms. The lowest BCUT2D eigenvalue weighted by Gasteiger charge is -2.20. The molecule has 0 aromatic heterocycles. The number of para-hydroxylation sites is 1. The van der Waals surface area contributed by atoms with Crippen molar-refractivity contribution in [2.45, 2.75) is 38.9 Å². The van der Waals surface area contributed by atoms with Gasteiger partial charge in [0.2, 0.25) is 0 Å². The van der Waals surface area contributed by atoms with E-state index in [9.17, 15) is 5.11 Å². The molecule has 1 heterocycles. The first-order valence-electron chi connectivity index (χ1n) is 7.02. The van der Waals surface area contributed by atoms with Crippen LogP contribution in [0.2, 0.25) is 0 Å². The number of rotatable bonds is 2. The summed E-state index contributed by atoms with van der Waals surface area (Å²) >= 11 is 0. The van der Waals surface area contributed by atoms with E-state index in [2.05, 4.69) is 19.9 Å². The van der Waals surface area contributed by atoms with Gasteiger partial charge in [-0.3, -0.25) is 0 Å². The molecule has 0 saturated heterocycles. The Hall–Kier alpha value is -1.80. The standard InChI is InChI=1S/C18H20O2/c1-12-7-9-13(10-8-12)16(19)15-6-4-5-14-11-18(2,3)20-17(14)15/h4-10,16,19H,11H2,1-3H3. The number of fused-ring (bicyclic) bond motifs is 1. The van der Waals surface area contributed by atoms with Crippen molar-refractivity contribution < 1.29 is 9.84 Å². The molecule has 0 radical (unpaired) electrons. The number of ether oxygens (including phenoxy) is 1. The third-order valence-corrected chi connectivity index (χ3v) is 3.81. The molecule has 0 amide bonds. The molecule has 2 aromatic carbocycles. The Morgan fingerprint density at radius 3 is 2.50 bits per heavy atom. The smallest absolute Gasteiger partial charge is 0.129 e. The van der Waals surface area contributed by atoms with Crippen LogP contribution < -0.4 is 4.74 Å². The van der Waals surface area contributed by atoms with Crippen LogP contribution in [-0.4, -0.2) is 10.7 Å². The van der Waals surface area contributed by atoms with E-state index in [-0.39, 0.29) is 5.60 Å². The van der Waals surface area contributed by atoms with Gasteiger partial charge in [0, 0.05) is 12.0 Å². The molecule has 0 saturated carbocycles. The summed E-state index contributed by atoms with van der Waals surface area (Å²) < 4.78 is 6.03. The zero-order chi connectivity index (χ0) is 14.3. The maximum atomic E-state index is 10.6. The second-order valence-corrected chi connectivity index (χ2v) is 6.19. The average Bonchev–Trinajstić information content (AvgIpc) is 2.72. The van der Waals surface area contributed by atoms with Crippen LogP contribution in [0, 0.1) is 6.92 Å². The van der Waals surface area contributed by atoms with E-state index in [1.54, 1.807) is 0 Å². The van der Waals surface area contributed by atoms with Crippen molar-refractivity contribution in [3.8, 4) is 5.75 Å². The number of hydrogen-bond acceptors (Lipinski definition) is 2. The highest BCUT2D eigenvalue weighted by Crippen LogP contribution is 2.41. The van der Waals surface area contributed by atoms with Gasteiger partial charge in [0.1, 0.15) is 17.5 Å². The monoisotopic (exact) mass is 268 g/mol. The molecule has 0 aliphatic carbocycles. The predicted molar refractivity (Wildman–Crippen MR) is 80.1 cm³/mol. The molecular weight excluding hydrogens is 248 g/mol. The van der Waals surface area contributed by atoms with Gasteiger partial charge in [-0.15, -0.1) is 0 Å². The summed E-state index contributed by atoms with van der Waals surface area (Å²) in [7, 11) is 0. The number of hydrogen-bond donors (Lipinski definition) is 1. The molecular formula is C18H20O2. The van der Waals surface area contributed by atoms with Crippen LogP contribution in [-0.2, 0) is 6.42 Å². The van der Waals surface area contributed by atoms with Crippen LogP contribution in [0.3, 0.4) is 0 Å². The van der Waals surface area contributed by atoms with Gasteiger partial charge in [0.05, 0.1) is 0 Å². The molecule has 0 bridgehead atoms. The first kappa shape index (κ1) is 13.2. The van der Waals surface area contributed by atoms with E-state index in [0.717, 1.165) is 23.3 Å². The second kappa shape index (κ2) is 4.64. The molecule has 1 aliphatic heterocycles. The Labute approximate surface area is 120 Å². The van der Waals surface area contributed by atoms with Crippen molar-refractivity contribution in [1.29, 1.82) is 0 Å². The van der Waals surface area contributed by atoms with Crippen molar-refractivity contribution in [2.75, 3.05) is 0 Å². The molecule has 3 rings (SSSR count). The minimum atomic E-state index is -0.639. The number of aryl methyl sites for hydroxylation is 1. The maximum Gasteiger partial charge on any atom is 0.129 e. The van der Waals surface area contributed by atoms with Gasteiger partial charge in [0.25, 0.3) is 0 Å². The van der Waals surface area contributed by atoms with Crippen LogP contribution in [0.5, 0.6) is 5.75 Å². The second-order valence-electron chi connectivity index (χ2n) is 6.19. The van der Waals surface area contributed by atoms with E-state index < -0.39 is 6.10 Å². The van der Waals surface area contributed by atoms with Crippen molar-refractivity contribution in [2.24, 2.45) is 0 Å². The van der Waals surface area contributed by atoms with Crippen molar-refractivity contribution >= 4 is 0 Å². The van der Waals surface area contributed by atoms with Gasteiger partial charge in [-0.25, -0.2) is 0 Å². The zero-order valence-electron chi connectivity index (χ0n) is 12.2. The van der Waals surface area contributed by atoms with Crippen LogP contribution >= 0.6 is 0 Å². The predicted octanol–water partition coefficient (Wildman–Crippen LogP) is 3.79. The summed E-state index contributed by atoms with van der Waals surface area (Å²) in [5, 5.41) is 10.6. The van der Waals surface area contributed by atoms with Crippen molar-refractivity contribution in [1.82, 2.24) is 0 Å². The Bertz CT molecular complexity index is 626. The highest BCUT2D eigenvalue weighted by Gasteiger charge is 2.33. The molecule has 0 fully saturated rings. The Balaban J connectivity index is 2.00. The van der Waals surface area contributed by atoms with E-state index >= 15 is 0 Å². The molecule has 1 N–H and O–H groups in total. The minimum absolute atomic E-state index is 0.189. The molecule has 1 aliphatic rings. The van der Waals surface area contributed by atoms with Crippen LogP contribution in [0.15, 0.2) is 42.5 Å². The maximum absolute atomic E-state index is 10.6. The fourth-order valence-electron chi connectivity index (χ4n) is 2.78. The third-order valence-electron chi connectivity index (χ3n) is 3.81. The zero-order valence-corrected chi connectivity index (χ0v) is 12.2. The molecule has 104 valence electrons. The van der Waals surface area contributed by atoms with Crippen LogP contribution in [0.25, 0.3) is 0 Å². The number of aliphatic hydroxyl groups excluding tert-OH is 1. The summed E-state index contributed by atoms with van der Waals surface area (Å²) in [5.74, 6) is 0.852. The first-order chi connectivity index (χ1) is 9.46. The fourth-order valence-corrected chi connectivity index (χ4v) is 2.78. The normalized spacial score (nSPS) is 17.4. The highest BCUT2D eigenvalue weighted by atomic mass is 16.5. The van der Waals surface area contributed by atoms with Gasteiger partial charge in [-0.05, 0) is 31.9 Å². The van der Waals surface area contributed by atoms with E-state index in [4.69, 9.17) is 4.74 Å². The van der Waals surface area contributed by atoms with E-state index in [0.29, 0.717) is 0 Å². The lowest BCUT2D eigenvalue weighted by atomic mass is 9.96. The van der Waals surface area contributed by atoms with Gasteiger partial charge < -0.3 is 9.84 Å². The van der Waals surface area contributed by atoms with Gasteiger partial charge in [-0.1, -0.05) is 48.0 Å². The Kier molecular flexibility index (Phi) is 3.06. The van der Waals surface area contributed by atoms with Crippen molar-refractivity contribution in [3.63, 3.8) is 0 Å². The Morgan fingerprint density at radius 2 is 1.80 bits per heavy atom. The summed E-state index contributed by atoms with van der Waals surface area (Å²) in [6.45, 7) is 6.20. The number of benzene rings is 2. The highest BCUT2D eigenvalue weighted by molar-refractivity contribution is 5.49. The summed E-state index contributed by atoms with van der Waals surface area (Å²) in [6.07, 6.45) is 0.246. The molecule has 2 aromatic rings. The average molecular weight is 268 g/mol. The van der Waals surface area contributed by atoms with Crippen molar-refractivity contribution in [3.05, 3.63) is 64.7 Å². The molecule has 0 spiro atoms. The van der Waals surface area contributed by atoms with E-state index in [1.165, 1.54) is 11.1 Å². The lowest BCUT2D eigenvalue weighted by molar-refractivity contribution is 0.131. The molecule has 2 heteroatoms. The fraction of sp³-hybridized carbons (Fsp3) is 0.333. The summed E-state index contributed by atoms with van der Waals surface area (Å²) in [4.78, 5) is 0. The molecule has 1 atom stereocenters. The molecule has 1 unspecified atom stereocenters. The largest absolute Gasteiger partial charge is 0.487 e. The van der Waals surface area contributed by atoms with Gasteiger partial charge in [0.15, 0.2) is 0 Å². The molecule has 2 nitrogen and oxygen atoms in total. The minimum Gasteiger partial charge on any atom is -0.487 e. The quantitative estimate of drug-likeness (QED) is 0.898.